The summed E-state index contributed by atoms with van der Waals surface area (Å²) < 4.78 is 6.47. The summed E-state index contributed by atoms with van der Waals surface area (Å²) in [5, 5.41) is 8.82. The number of rotatable bonds is 1. The van der Waals surface area contributed by atoms with Crippen LogP contribution in [0.25, 0.3) is 5.57 Å². The Morgan fingerprint density at radius 3 is 3.06 bits per heavy atom. The van der Waals surface area contributed by atoms with Gasteiger partial charge in [0.1, 0.15) is 5.75 Å². The van der Waals surface area contributed by atoms with Crippen molar-refractivity contribution >= 4 is 27.5 Å². The molecule has 0 unspecified atom stereocenters. The van der Waals surface area contributed by atoms with Crippen molar-refractivity contribution in [3.63, 3.8) is 0 Å². The van der Waals surface area contributed by atoms with Crippen molar-refractivity contribution in [3.8, 4) is 5.75 Å². The summed E-state index contributed by atoms with van der Waals surface area (Å²) >= 11 is 3.41. The van der Waals surface area contributed by atoms with Crippen molar-refractivity contribution in [2.24, 2.45) is 0 Å². The fourth-order valence-corrected chi connectivity index (χ4v) is 2.26. The highest BCUT2D eigenvalue weighted by Gasteiger charge is 2.16. The average molecular weight is 283 g/mol. The lowest BCUT2D eigenvalue weighted by Gasteiger charge is -2.09. The number of hydrogen-bond acceptors (Lipinski definition) is 2. The zero-order valence-corrected chi connectivity index (χ0v) is 10.2. The topological polar surface area (TPSA) is 46.5 Å². The van der Waals surface area contributed by atoms with Gasteiger partial charge in [-0.05, 0) is 40.4 Å². The Bertz CT molecular complexity index is 452. The zero-order valence-electron chi connectivity index (χ0n) is 8.57. The van der Waals surface area contributed by atoms with Crippen LogP contribution in [0.15, 0.2) is 28.7 Å². The van der Waals surface area contributed by atoms with Crippen LogP contribution in [0.5, 0.6) is 5.75 Å². The second kappa shape index (κ2) is 4.70. The summed E-state index contributed by atoms with van der Waals surface area (Å²) in [7, 11) is 0. The van der Waals surface area contributed by atoms with Crippen LogP contribution in [-0.4, -0.2) is 17.7 Å². The first-order valence-corrected chi connectivity index (χ1v) is 5.83. The summed E-state index contributed by atoms with van der Waals surface area (Å²) in [5.41, 5.74) is 1.69. The number of halogens is 1. The van der Waals surface area contributed by atoms with Gasteiger partial charge in [0.2, 0.25) is 0 Å². The maximum atomic E-state index is 10.7. The first-order chi connectivity index (χ1) is 7.68. The number of para-hydroxylation sites is 1. The molecule has 3 nitrogen and oxygen atoms in total. The maximum absolute atomic E-state index is 10.7. The van der Waals surface area contributed by atoms with Gasteiger partial charge < -0.3 is 9.84 Å². The standard InChI is InChI=1S/C12H11BrO3/c13-10-5-1-4-9-8(7-11(14)15)3-2-6-16-12(9)10/h1,4-5,7H,2-3,6H2,(H,14,15)/b8-7+. The van der Waals surface area contributed by atoms with Gasteiger partial charge in [-0.25, -0.2) is 4.79 Å². The molecule has 0 amide bonds. The van der Waals surface area contributed by atoms with Gasteiger partial charge in [0.05, 0.1) is 11.1 Å². The third-order valence-electron chi connectivity index (χ3n) is 2.45. The molecule has 0 radical (unpaired) electrons. The van der Waals surface area contributed by atoms with Crippen molar-refractivity contribution in [3.05, 3.63) is 34.3 Å². The maximum Gasteiger partial charge on any atom is 0.328 e. The van der Waals surface area contributed by atoms with Gasteiger partial charge in [-0.1, -0.05) is 12.1 Å². The summed E-state index contributed by atoms with van der Waals surface area (Å²) in [6.07, 6.45) is 2.83. The lowest BCUT2D eigenvalue weighted by molar-refractivity contribution is -0.131. The molecule has 4 heteroatoms. The Kier molecular flexibility index (Phi) is 3.29. The predicted octanol–water partition coefficient (Wildman–Crippen LogP) is 3.09. The van der Waals surface area contributed by atoms with Crippen molar-refractivity contribution in [2.75, 3.05) is 6.61 Å². The highest BCUT2D eigenvalue weighted by Crippen LogP contribution is 2.37. The Morgan fingerprint density at radius 1 is 1.50 bits per heavy atom. The van der Waals surface area contributed by atoms with Gasteiger partial charge in [0.25, 0.3) is 0 Å². The van der Waals surface area contributed by atoms with E-state index in [0.29, 0.717) is 6.61 Å². The van der Waals surface area contributed by atoms with Crippen molar-refractivity contribution in [2.45, 2.75) is 12.8 Å². The fourth-order valence-electron chi connectivity index (χ4n) is 1.78. The van der Waals surface area contributed by atoms with Crippen molar-refractivity contribution < 1.29 is 14.6 Å². The SMILES string of the molecule is O=C(O)/C=C1\CCCOc2c(Br)cccc21. The number of aliphatic carboxylic acids is 1. The fraction of sp³-hybridized carbons (Fsp3) is 0.250. The minimum Gasteiger partial charge on any atom is -0.492 e. The number of carboxylic acid groups (broad SMARTS) is 1. The molecule has 0 bridgehead atoms. The number of ether oxygens (including phenoxy) is 1. The highest BCUT2D eigenvalue weighted by molar-refractivity contribution is 9.10. The second-order valence-corrected chi connectivity index (χ2v) is 4.43. The molecule has 1 aliphatic heterocycles. The lowest BCUT2D eigenvalue weighted by atomic mass is 10.0. The molecule has 1 aliphatic rings. The van der Waals surface area contributed by atoms with Crippen LogP contribution in [0.2, 0.25) is 0 Å². The van der Waals surface area contributed by atoms with Crippen LogP contribution in [0.1, 0.15) is 18.4 Å². The van der Waals surface area contributed by atoms with E-state index in [2.05, 4.69) is 15.9 Å². The molecule has 2 rings (SSSR count). The average Bonchev–Trinajstić information content (AvgIpc) is 2.42. The Balaban J connectivity index is 2.53. The number of allylic oxidation sites excluding steroid dienone is 1. The van der Waals surface area contributed by atoms with E-state index >= 15 is 0 Å². The summed E-state index contributed by atoms with van der Waals surface area (Å²) in [4.78, 5) is 10.7. The minimum atomic E-state index is -0.914. The van der Waals surface area contributed by atoms with E-state index in [-0.39, 0.29) is 0 Å². The van der Waals surface area contributed by atoms with E-state index in [9.17, 15) is 4.79 Å². The van der Waals surface area contributed by atoms with Crippen LogP contribution >= 0.6 is 15.9 Å². The van der Waals surface area contributed by atoms with Crippen molar-refractivity contribution in [1.29, 1.82) is 0 Å². The van der Waals surface area contributed by atoms with E-state index in [1.165, 1.54) is 6.08 Å². The number of hydrogen-bond donors (Lipinski definition) is 1. The Labute approximate surface area is 102 Å². The molecule has 1 aromatic carbocycles. The molecule has 0 saturated carbocycles. The molecular formula is C12H11BrO3. The van der Waals surface area contributed by atoms with Gasteiger partial charge in [-0.15, -0.1) is 0 Å². The van der Waals surface area contributed by atoms with Crippen LogP contribution in [0.3, 0.4) is 0 Å². The van der Waals surface area contributed by atoms with Crippen LogP contribution in [0.4, 0.5) is 0 Å². The second-order valence-electron chi connectivity index (χ2n) is 3.58. The van der Waals surface area contributed by atoms with Gasteiger partial charge >= 0.3 is 5.97 Å². The third kappa shape index (κ3) is 2.27. The lowest BCUT2D eigenvalue weighted by Crippen LogP contribution is -1.95. The summed E-state index contributed by atoms with van der Waals surface area (Å²) in [6, 6.07) is 5.66. The van der Waals surface area contributed by atoms with E-state index < -0.39 is 5.97 Å². The number of carbonyl (C=O) groups is 1. The molecule has 1 heterocycles. The number of carboxylic acids is 1. The largest absolute Gasteiger partial charge is 0.492 e. The molecule has 1 aromatic rings. The molecule has 16 heavy (non-hydrogen) atoms. The summed E-state index contributed by atoms with van der Waals surface area (Å²) in [6.45, 7) is 0.618. The van der Waals surface area contributed by atoms with Gasteiger partial charge in [0.15, 0.2) is 0 Å². The van der Waals surface area contributed by atoms with Gasteiger partial charge in [0, 0.05) is 11.6 Å². The van der Waals surface area contributed by atoms with Crippen LogP contribution < -0.4 is 4.74 Å². The monoisotopic (exact) mass is 282 g/mol. The van der Waals surface area contributed by atoms with Gasteiger partial charge in [-0.2, -0.15) is 0 Å². The Hall–Kier alpha value is -1.29. The van der Waals surface area contributed by atoms with Crippen LogP contribution in [0, 0.1) is 0 Å². The normalized spacial score (nSPS) is 17.4. The molecule has 0 atom stereocenters. The quantitative estimate of drug-likeness (QED) is 0.806. The molecule has 0 aliphatic carbocycles. The highest BCUT2D eigenvalue weighted by atomic mass is 79.9. The molecule has 0 aromatic heterocycles. The van der Waals surface area contributed by atoms with E-state index in [4.69, 9.17) is 9.84 Å². The van der Waals surface area contributed by atoms with Crippen molar-refractivity contribution in [1.82, 2.24) is 0 Å². The van der Waals surface area contributed by atoms with Crippen LogP contribution in [-0.2, 0) is 4.79 Å². The minimum absolute atomic E-state index is 0.618. The first kappa shape index (κ1) is 11.2. The van der Waals surface area contributed by atoms with E-state index in [1.807, 2.05) is 18.2 Å². The predicted molar refractivity (Wildman–Crippen MR) is 64.5 cm³/mol. The number of fused-ring (bicyclic) bond motifs is 1. The number of benzene rings is 1. The molecule has 1 N–H and O–H groups in total. The molecule has 0 saturated heterocycles. The van der Waals surface area contributed by atoms with Gasteiger partial charge in [-0.3, -0.25) is 0 Å². The van der Waals surface area contributed by atoms with E-state index in [0.717, 1.165) is 34.2 Å². The smallest absolute Gasteiger partial charge is 0.328 e. The molecule has 0 fully saturated rings. The molecule has 0 spiro atoms. The molecule has 84 valence electrons. The first-order valence-electron chi connectivity index (χ1n) is 5.03. The Morgan fingerprint density at radius 2 is 2.31 bits per heavy atom. The summed E-state index contributed by atoms with van der Waals surface area (Å²) in [5.74, 6) is -0.171. The van der Waals surface area contributed by atoms with E-state index in [1.54, 1.807) is 0 Å². The molecular weight excluding hydrogens is 272 g/mol. The third-order valence-corrected chi connectivity index (χ3v) is 3.07. The zero-order chi connectivity index (χ0) is 11.5.